The van der Waals surface area contributed by atoms with Crippen LogP contribution in [-0.4, -0.2) is 34.8 Å². The minimum atomic E-state index is -4.23. The Balaban J connectivity index is 1.62. The Morgan fingerprint density at radius 1 is 1.03 bits per heavy atom. The van der Waals surface area contributed by atoms with Gasteiger partial charge in [0, 0.05) is 6.54 Å². The number of benzene rings is 3. The number of nitrogens with one attached hydrogen (secondary N) is 1. The predicted octanol–water partition coefficient (Wildman–Crippen LogP) is 4.55. The van der Waals surface area contributed by atoms with E-state index in [2.05, 4.69) is 5.32 Å². The first-order valence-corrected chi connectivity index (χ1v) is 12.7. The first kappa shape index (κ1) is 25.0. The molecule has 0 aromatic heterocycles. The third-order valence-corrected chi connectivity index (χ3v) is 7.83. The van der Waals surface area contributed by atoms with Gasteiger partial charge in [-0.25, -0.2) is 8.42 Å². The molecule has 0 spiro atoms. The monoisotopic (exact) mass is 536 g/mol. The molecule has 8 nitrogen and oxygen atoms in total. The van der Waals surface area contributed by atoms with Gasteiger partial charge in [0.05, 0.1) is 22.8 Å². The Morgan fingerprint density at radius 2 is 1.80 bits per heavy atom. The first-order chi connectivity index (χ1) is 16.7. The number of carbonyl (C=O) groups is 1. The van der Waals surface area contributed by atoms with E-state index < -0.39 is 22.5 Å². The minimum absolute atomic E-state index is 0.0744. The second kappa shape index (κ2) is 10.2. The number of halogens is 2. The van der Waals surface area contributed by atoms with Gasteiger partial charge in [0.25, 0.3) is 10.0 Å². The summed E-state index contributed by atoms with van der Waals surface area (Å²) in [5, 5.41) is 3.16. The number of hydrogen-bond donors (Lipinski definition) is 1. The molecule has 1 N–H and O–H groups in total. The topological polar surface area (TPSA) is 94.2 Å². The van der Waals surface area contributed by atoms with Gasteiger partial charge < -0.3 is 19.5 Å². The van der Waals surface area contributed by atoms with Crippen molar-refractivity contribution in [2.75, 3.05) is 24.8 Å². The number of rotatable bonds is 8. The van der Waals surface area contributed by atoms with Crippen LogP contribution in [0.4, 0.5) is 5.69 Å². The third-order valence-electron chi connectivity index (χ3n) is 5.29. The number of amides is 1. The summed E-state index contributed by atoms with van der Waals surface area (Å²) in [5.41, 5.74) is 1.67. The number of ether oxygens (including phenoxy) is 3. The van der Waals surface area contributed by atoms with E-state index in [0.717, 1.165) is 9.87 Å². The molecule has 1 aliphatic rings. The number of methoxy groups -OCH3 is 1. The molecule has 1 heterocycles. The van der Waals surface area contributed by atoms with Crippen LogP contribution in [0.3, 0.4) is 0 Å². The number of anilines is 1. The Morgan fingerprint density at radius 3 is 2.54 bits per heavy atom. The van der Waals surface area contributed by atoms with E-state index in [1.54, 1.807) is 37.3 Å². The lowest BCUT2D eigenvalue weighted by Gasteiger charge is -2.25. The van der Waals surface area contributed by atoms with Crippen LogP contribution in [0.5, 0.6) is 17.2 Å². The van der Waals surface area contributed by atoms with Crippen molar-refractivity contribution >= 4 is 44.8 Å². The maximum atomic E-state index is 13.8. The highest BCUT2D eigenvalue weighted by molar-refractivity contribution is 7.93. The quantitative estimate of drug-likeness (QED) is 0.453. The molecule has 3 aromatic rings. The second-order valence-electron chi connectivity index (χ2n) is 7.73. The van der Waals surface area contributed by atoms with E-state index in [9.17, 15) is 13.2 Å². The highest BCUT2D eigenvalue weighted by Crippen LogP contribution is 2.34. The lowest BCUT2D eigenvalue weighted by Crippen LogP contribution is -2.40. The zero-order valence-electron chi connectivity index (χ0n) is 18.9. The highest BCUT2D eigenvalue weighted by Gasteiger charge is 2.30. The van der Waals surface area contributed by atoms with Crippen molar-refractivity contribution in [2.45, 2.75) is 18.4 Å². The molecule has 4 rings (SSSR count). The van der Waals surface area contributed by atoms with Crippen LogP contribution in [0.15, 0.2) is 59.5 Å². The zero-order valence-corrected chi connectivity index (χ0v) is 21.2. The average molecular weight is 537 g/mol. The van der Waals surface area contributed by atoms with E-state index in [4.69, 9.17) is 37.4 Å². The van der Waals surface area contributed by atoms with Gasteiger partial charge in [0.1, 0.15) is 17.2 Å². The summed E-state index contributed by atoms with van der Waals surface area (Å²) >= 11 is 12.2. The number of nitrogens with zero attached hydrogens (tertiary/aromatic N) is 1. The molecule has 0 bridgehead atoms. The van der Waals surface area contributed by atoms with Crippen LogP contribution in [-0.2, 0) is 21.4 Å². The van der Waals surface area contributed by atoms with Crippen molar-refractivity contribution in [1.82, 2.24) is 5.32 Å². The van der Waals surface area contributed by atoms with Crippen LogP contribution >= 0.6 is 23.2 Å². The standard InChI is InChI=1S/C24H22Cl2N2O6S/c1-15-3-7-21(32-2)23(9-15)35(30,31)28(17-5-6-18(25)19(26)11-17)13-24(29)27-12-16-4-8-20-22(10-16)34-14-33-20/h3-11H,12-14H2,1-2H3,(H,27,29). The maximum absolute atomic E-state index is 13.8. The molecule has 0 aliphatic carbocycles. The first-order valence-electron chi connectivity index (χ1n) is 10.5. The van der Waals surface area contributed by atoms with E-state index in [1.165, 1.54) is 31.4 Å². The normalized spacial score (nSPS) is 12.3. The van der Waals surface area contributed by atoms with E-state index >= 15 is 0 Å². The minimum Gasteiger partial charge on any atom is -0.495 e. The van der Waals surface area contributed by atoms with Crippen molar-refractivity contribution in [1.29, 1.82) is 0 Å². The van der Waals surface area contributed by atoms with Crippen molar-refractivity contribution in [3.8, 4) is 17.2 Å². The average Bonchev–Trinajstić information content (AvgIpc) is 3.31. The fraction of sp³-hybridized carbons (Fsp3) is 0.208. The number of sulfonamides is 1. The molecule has 0 saturated heterocycles. The maximum Gasteiger partial charge on any atom is 0.268 e. The summed E-state index contributed by atoms with van der Waals surface area (Å²) < 4.78 is 44.4. The number of fused-ring (bicyclic) bond motifs is 1. The van der Waals surface area contributed by atoms with Crippen LogP contribution in [0.2, 0.25) is 10.0 Å². The summed E-state index contributed by atoms with van der Waals surface area (Å²) in [4.78, 5) is 12.8. The highest BCUT2D eigenvalue weighted by atomic mass is 35.5. The van der Waals surface area contributed by atoms with Gasteiger partial charge in [-0.05, 0) is 60.5 Å². The predicted molar refractivity (Wildman–Crippen MR) is 133 cm³/mol. The van der Waals surface area contributed by atoms with Crippen molar-refractivity contribution in [3.05, 3.63) is 75.8 Å². The van der Waals surface area contributed by atoms with E-state index in [1.807, 2.05) is 0 Å². The Labute approximate surface area is 213 Å². The lowest BCUT2D eigenvalue weighted by molar-refractivity contribution is -0.119. The summed E-state index contributed by atoms with van der Waals surface area (Å²) in [7, 11) is -2.85. The molecule has 0 fully saturated rings. The Hall–Kier alpha value is -3.14. The number of aryl methyl sites for hydroxylation is 1. The van der Waals surface area contributed by atoms with Crippen LogP contribution in [0, 0.1) is 6.92 Å². The molecule has 0 atom stereocenters. The fourth-order valence-corrected chi connectivity index (χ4v) is 5.45. The molecule has 0 saturated carbocycles. The van der Waals surface area contributed by atoms with Gasteiger partial charge in [-0.15, -0.1) is 0 Å². The Kier molecular flexibility index (Phi) is 7.30. The third kappa shape index (κ3) is 5.42. The summed E-state index contributed by atoms with van der Waals surface area (Å²) in [5.74, 6) is 0.845. The van der Waals surface area contributed by atoms with Crippen LogP contribution in [0.25, 0.3) is 0 Å². The van der Waals surface area contributed by atoms with Crippen molar-refractivity contribution in [2.24, 2.45) is 0 Å². The largest absolute Gasteiger partial charge is 0.495 e. The molecule has 1 aliphatic heterocycles. The van der Waals surface area contributed by atoms with Gasteiger partial charge in [-0.1, -0.05) is 35.3 Å². The zero-order chi connectivity index (χ0) is 25.2. The molecule has 3 aromatic carbocycles. The van der Waals surface area contributed by atoms with Crippen LogP contribution < -0.4 is 23.8 Å². The molecule has 0 unspecified atom stereocenters. The summed E-state index contributed by atoms with van der Waals surface area (Å²) in [6.07, 6.45) is 0. The molecule has 184 valence electrons. The molecule has 11 heteroatoms. The van der Waals surface area contributed by atoms with E-state index in [-0.39, 0.29) is 39.7 Å². The SMILES string of the molecule is COc1ccc(C)cc1S(=O)(=O)N(CC(=O)NCc1ccc2c(c1)OCO2)c1ccc(Cl)c(Cl)c1. The molecule has 1 amide bonds. The smallest absolute Gasteiger partial charge is 0.268 e. The molecule has 35 heavy (non-hydrogen) atoms. The molecular weight excluding hydrogens is 515 g/mol. The van der Waals surface area contributed by atoms with Crippen molar-refractivity contribution in [3.63, 3.8) is 0 Å². The van der Waals surface area contributed by atoms with Gasteiger partial charge in [0.15, 0.2) is 11.5 Å². The number of carbonyl (C=O) groups excluding carboxylic acids is 1. The van der Waals surface area contributed by atoms with Crippen molar-refractivity contribution < 1.29 is 27.4 Å². The number of hydrogen-bond acceptors (Lipinski definition) is 6. The summed E-state index contributed by atoms with van der Waals surface area (Å²) in [6.45, 7) is 1.57. The fourth-order valence-electron chi connectivity index (χ4n) is 3.50. The Bertz CT molecular complexity index is 1380. The van der Waals surface area contributed by atoms with Gasteiger partial charge >= 0.3 is 0 Å². The summed E-state index contributed by atoms with van der Waals surface area (Å²) in [6, 6.07) is 14.4. The van der Waals surface area contributed by atoms with Gasteiger partial charge in [-0.2, -0.15) is 0 Å². The van der Waals surface area contributed by atoms with Gasteiger partial charge in [0.2, 0.25) is 12.7 Å². The molecular formula is C24H22Cl2N2O6S. The lowest BCUT2D eigenvalue weighted by atomic mass is 10.2. The van der Waals surface area contributed by atoms with E-state index in [0.29, 0.717) is 17.1 Å². The van der Waals surface area contributed by atoms with Gasteiger partial charge in [-0.3, -0.25) is 9.10 Å². The molecule has 0 radical (unpaired) electrons. The second-order valence-corrected chi connectivity index (χ2v) is 10.4. The van der Waals surface area contributed by atoms with Crippen LogP contribution in [0.1, 0.15) is 11.1 Å².